The van der Waals surface area contributed by atoms with Crippen LogP contribution >= 0.6 is 0 Å². The lowest BCUT2D eigenvalue weighted by Gasteiger charge is -2.21. The van der Waals surface area contributed by atoms with Gasteiger partial charge >= 0.3 is 0 Å². The summed E-state index contributed by atoms with van der Waals surface area (Å²) in [6, 6.07) is 6.03. The lowest BCUT2D eigenvalue weighted by atomic mass is 10.0. The van der Waals surface area contributed by atoms with Gasteiger partial charge < -0.3 is 9.47 Å². The van der Waals surface area contributed by atoms with Crippen molar-refractivity contribution in [2.24, 2.45) is 0 Å². The number of fused-ring (bicyclic) bond motifs is 1. The van der Waals surface area contributed by atoms with Gasteiger partial charge in [-0.3, -0.25) is 4.79 Å². The molecule has 3 heteroatoms. The average molecular weight is 232 g/mol. The molecule has 2 aliphatic rings. The molecule has 1 aliphatic heterocycles. The van der Waals surface area contributed by atoms with E-state index in [1.165, 1.54) is 17.5 Å². The maximum absolute atomic E-state index is 12.2. The fraction of sp³-hybridized carbons (Fsp3) is 0.500. The fourth-order valence-electron chi connectivity index (χ4n) is 2.55. The van der Waals surface area contributed by atoms with Gasteiger partial charge in [-0.25, -0.2) is 0 Å². The number of carbonyl (C=O) groups is 1. The van der Waals surface area contributed by atoms with E-state index in [2.05, 4.69) is 6.07 Å². The van der Waals surface area contributed by atoms with Crippen LogP contribution in [0.1, 0.15) is 27.9 Å². The molecule has 1 atom stereocenters. The van der Waals surface area contributed by atoms with Crippen molar-refractivity contribution in [2.45, 2.75) is 25.4 Å². The third kappa shape index (κ3) is 2.13. The van der Waals surface area contributed by atoms with Crippen LogP contribution in [0.25, 0.3) is 0 Å². The van der Waals surface area contributed by atoms with Gasteiger partial charge in [-0.1, -0.05) is 12.1 Å². The van der Waals surface area contributed by atoms with Crippen LogP contribution in [0.2, 0.25) is 0 Å². The van der Waals surface area contributed by atoms with E-state index in [4.69, 9.17) is 9.47 Å². The summed E-state index contributed by atoms with van der Waals surface area (Å²) < 4.78 is 10.7. The molecule has 17 heavy (non-hydrogen) atoms. The molecular formula is C14H16O3. The topological polar surface area (TPSA) is 35.5 Å². The molecule has 3 rings (SSSR count). The van der Waals surface area contributed by atoms with E-state index >= 15 is 0 Å². The summed E-state index contributed by atoms with van der Waals surface area (Å²) in [7, 11) is 0. The Kier molecular flexibility index (Phi) is 2.95. The van der Waals surface area contributed by atoms with Crippen LogP contribution in [0.5, 0.6) is 0 Å². The number of Topliss-reactive ketones (excluding diaryl/α,β-unsaturated/α-hetero) is 1. The second-order valence-corrected chi connectivity index (χ2v) is 4.64. The molecule has 1 unspecified atom stereocenters. The molecule has 1 saturated heterocycles. The number of ether oxygens (including phenoxy) is 2. The zero-order valence-electron chi connectivity index (χ0n) is 9.78. The molecule has 0 saturated carbocycles. The largest absolute Gasteiger partial charge is 0.376 e. The van der Waals surface area contributed by atoms with Crippen LogP contribution in [0.4, 0.5) is 0 Å². The third-order valence-corrected chi connectivity index (χ3v) is 3.49. The Morgan fingerprint density at radius 2 is 2.06 bits per heavy atom. The highest BCUT2D eigenvalue weighted by Gasteiger charge is 2.24. The van der Waals surface area contributed by atoms with Crippen molar-refractivity contribution in [3.63, 3.8) is 0 Å². The Labute approximate surface area is 101 Å². The number of rotatable bonds is 2. The first-order chi connectivity index (χ1) is 8.34. The molecule has 1 aromatic rings. The highest BCUT2D eigenvalue weighted by molar-refractivity contribution is 5.99. The van der Waals surface area contributed by atoms with E-state index in [1.54, 1.807) is 0 Å². The Bertz CT molecular complexity index is 433. The molecule has 1 heterocycles. The second kappa shape index (κ2) is 4.59. The van der Waals surface area contributed by atoms with Crippen LogP contribution in [-0.2, 0) is 22.3 Å². The van der Waals surface area contributed by atoms with Gasteiger partial charge in [-0.15, -0.1) is 0 Å². The van der Waals surface area contributed by atoms with Gasteiger partial charge in [0.05, 0.1) is 19.8 Å². The maximum Gasteiger partial charge on any atom is 0.193 e. The number of ketones is 1. The zero-order valence-corrected chi connectivity index (χ0v) is 9.78. The minimum Gasteiger partial charge on any atom is -0.376 e. The molecule has 3 nitrogen and oxygen atoms in total. The summed E-state index contributed by atoms with van der Waals surface area (Å²) in [4.78, 5) is 12.2. The summed E-state index contributed by atoms with van der Waals surface area (Å²) in [6.07, 6.45) is 3.03. The van der Waals surface area contributed by atoms with Crippen LogP contribution in [0.3, 0.4) is 0 Å². The zero-order chi connectivity index (χ0) is 11.7. The summed E-state index contributed by atoms with van der Waals surface area (Å²) in [5, 5.41) is 0. The number of hydrogen-bond donors (Lipinski definition) is 0. The quantitative estimate of drug-likeness (QED) is 0.729. The van der Waals surface area contributed by atoms with Crippen LogP contribution in [-0.4, -0.2) is 31.7 Å². The van der Waals surface area contributed by atoms with Gasteiger partial charge in [0.2, 0.25) is 0 Å². The summed E-state index contributed by atoms with van der Waals surface area (Å²) in [6.45, 7) is 1.49. The van der Waals surface area contributed by atoms with Crippen molar-refractivity contribution >= 4 is 5.78 Å². The van der Waals surface area contributed by atoms with Gasteiger partial charge in [0.15, 0.2) is 5.78 Å². The smallest absolute Gasteiger partial charge is 0.193 e. The summed E-state index contributed by atoms with van der Waals surface area (Å²) >= 11 is 0. The van der Waals surface area contributed by atoms with Crippen molar-refractivity contribution in [1.82, 2.24) is 0 Å². The molecular weight excluding hydrogens is 216 g/mol. The molecule has 1 aromatic carbocycles. The summed E-state index contributed by atoms with van der Waals surface area (Å²) in [5.41, 5.74) is 3.48. The lowest BCUT2D eigenvalue weighted by Crippen LogP contribution is -2.35. The lowest BCUT2D eigenvalue weighted by molar-refractivity contribution is -0.0719. The van der Waals surface area contributed by atoms with E-state index in [0.717, 1.165) is 18.4 Å². The molecule has 1 aliphatic carbocycles. The van der Waals surface area contributed by atoms with E-state index in [1.807, 2.05) is 12.1 Å². The molecule has 0 bridgehead atoms. The first-order valence-electron chi connectivity index (χ1n) is 6.20. The Morgan fingerprint density at radius 3 is 2.88 bits per heavy atom. The van der Waals surface area contributed by atoms with Gasteiger partial charge in [-0.2, -0.15) is 0 Å². The number of aryl methyl sites for hydroxylation is 2. The minimum absolute atomic E-state index is 0.0550. The highest BCUT2D eigenvalue weighted by Crippen LogP contribution is 2.23. The van der Waals surface area contributed by atoms with E-state index in [-0.39, 0.29) is 5.78 Å². The van der Waals surface area contributed by atoms with Crippen molar-refractivity contribution in [3.05, 3.63) is 34.9 Å². The second-order valence-electron chi connectivity index (χ2n) is 4.64. The first kappa shape index (κ1) is 10.9. The fourth-order valence-corrected chi connectivity index (χ4v) is 2.55. The molecule has 0 N–H and O–H groups in total. The van der Waals surface area contributed by atoms with E-state index in [9.17, 15) is 4.79 Å². The molecule has 0 spiro atoms. The Balaban J connectivity index is 1.81. The molecule has 0 radical (unpaired) electrons. The first-order valence-corrected chi connectivity index (χ1v) is 6.20. The summed E-state index contributed by atoms with van der Waals surface area (Å²) in [5.74, 6) is 0.0550. The van der Waals surface area contributed by atoms with Crippen molar-refractivity contribution in [3.8, 4) is 0 Å². The number of benzene rings is 1. The molecule has 0 aromatic heterocycles. The average Bonchev–Trinajstić information content (AvgIpc) is 2.86. The Hall–Kier alpha value is -1.19. The Morgan fingerprint density at radius 1 is 1.18 bits per heavy atom. The van der Waals surface area contributed by atoms with Crippen molar-refractivity contribution in [1.29, 1.82) is 0 Å². The monoisotopic (exact) mass is 232 g/mol. The maximum atomic E-state index is 12.2. The third-order valence-electron chi connectivity index (χ3n) is 3.49. The standard InChI is InChI=1S/C14H16O3/c15-14(13-9-16-6-7-17-13)12-5-4-10-2-1-3-11(10)8-12/h4-5,8,13H,1-3,6-7,9H2. The van der Waals surface area contributed by atoms with Gasteiger partial charge in [-0.05, 0) is 36.5 Å². The van der Waals surface area contributed by atoms with Crippen molar-refractivity contribution < 1.29 is 14.3 Å². The van der Waals surface area contributed by atoms with Crippen molar-refractivity contribution in [2.75, 3.05) is 19.8 Å². The van der Waals surface area contributed by atoms with E-state index < -0.39 is 6.10 Å². The predicted octanol–water partition coefficient (Wildman–Crippen LogP) is 1.77. The predicted molar refractivity (Wildman–Crippen MR) is 63.4 cm³/mol. The highest BCUT2D eigenvalue weighted by atomic mass is 16.6. The normalized spacial score (nSPS) is 23.4. The molecule has 0 amide bonds. The van der Waals surface area contributed by atoms with Crippen LogP contribution < -0.4 is 0 Å². The number of hydrogen-bond acceptors (Lipinski definition) is 3. The molecule has 90 valence electrons. The minimum atomic E-state index is -0.414. The molecule has 1 fully saturated rings. The SMILES string of the molecule is O=C(c1ccc2c(c1)CCC2)C1COCCO1. The van der Waals surface area contributed by atoms with Gasteiger partial charge in [0.25, 0.3) is 0 Å². The number of carbonyl (C=O) groups excluding carboxylic acids is 1. The van der Waals surface area contributed by atoms with E-state index in [0.29, 0.717) is 19.8 Å². The van der Waals surface area contributed by atoms with Gasteiger partial charge in [0, 0.05) is 5.56 Å². The van der Waals surface area contributed by atoms with Crippen LogP contribution in [0.15, 0.2) is 18.2 Å². The van der Waals surface area contributed by atoms with Gasteiger partial charge in [0.1, 0.15) is 6.10 Å². The van der Waals surface area contributed by atoms with Crippen LogP contribution in [0, 0.1) is 0 Å².